The molecule has 0 spiro atoms. The van der Waals surface area contributed by atoms with Crippen molar-refractivity contribution in [3.8, 4) is 11.5 Å². The first-order valence-electron chi connectivity index (χ1n) is 10.7. The molecule has 34 heavy (non-hydrogen) atoms. The third kappa shape index (κ3) is 4.26. The zero-order valence-corrected chi connectivity index (χ0v) is 19.3. The fraction of sp³-hybridized carbons (Fsp3) is 0.261. The van der Waals surface area contributed by atoms with Crippen molar-refractivity contribution in [2.75, 3.05) is 0 Å². The summed E-state index contributed by atoms with van der Waals surface area (Å²) in [4.78, 5) is 37.4. The summed E-state index contributed by atoms with van der Waals surface area (Å²) in [6, 6.07) is 7.35. The number of carboxylic acids is 1. The number of aromatic carboxylic acids is 1. The smallest absolute Gasteiger partial charge is 0.354 e. The van der Waals surface area contributed by atoms with Gasteiger partial charge in [-0.3, -0.25) is 4.79 Å². The maximum atomic E-state index is 14.7. The molecule has 0 radical (unpaired) electrons. The number of fused-ring (bicyclic) bond motifs is 1. The SMILES string of the molecule is O=C(O)c1cc2nc(-c3ncccc3F)n([C@H]3CCC[C@@H](NC(=O)c4ccc(Cl)s4)C3)c2cn1. The molecule has 2 atom stereocenters. The summed E-state index contributed by atoms with van der Waals surface area (Å²) in [5.74, 6) is -1.57. The molecule has 1 aliphatic carbocycles. The van der Waals surface area contributed by atoms with Gasteiger partial charge in [0.05, 0.1) is 26.4 Å². The first-order valence-corrected chi connectivity index (χ1v) is 11.9. The van der Waals surface area contributed by atoms with Crippen LogP contribution in [0.4, 0.5) is 4.39 Å². The number of nitrogens with zero attached hydrogens (tertiary/aromatic N) is 4. The number of halogens is 2. The van der Waals surface area contributed by atoms with Crippen molar-refractivity contribution < 1.29 is 19.1 Å². The Hall–Kier alpha value is -3.37. The Morgan fingerprint density at radius 2 is 2.09 bits per heavy atom. The van der Waals surface area contributed by atoms with Crippen LogP contribution in [0, 0.1) is 5.82 Å². The van der Waals surface area contributed by atoms with Crippen molar-refractivity contribution in [1.29, 1.82) is 0 Å². The number of carboxylic acid groups (broad SMARTS) is 1. The van der Waals surface area contributed by atoms with Crippen LogP contribution in [0.5, 0.6) is 0 Å². The summed E-state index contributed by atoms with van der Waals surface area (Å²) in [7, 11) is 0. The van der Waals surface area contributed by atoms with Crippen LogP contribution in [0.25, 0.3) is 22.6 Å². The Bertz CT molecular complexity index is 1400. The van der Waals surface area contributed by atoms with Crippen molar-refractivity contribution in [2.45, 2.75) is 37.8 Å². The maximum Gasteiger partial charge on any atom is 0.354 e. The molecule has 1 fully saturated rings. The van der Waals surface area contributed by atoms with E-state index in [2.05, 4.69) is 20.3 Å². The van der Waals surface area contributed by atoms with E-state index in [1.807, 2.05) is 4.57 Å². The minimum absolute atomic E-state index is 0.0787. The van der Waals surface area contributed by atoms with Gasteiger partial charge in [-0.25, -0.2) is 24.1 Å². The van der Waals surface area contributed by atoms with Gasteiger partial charge in [-0.2, -0.15) is 0 Å². The lowest BCUT2D eigenvalue weighted by Crippen LogP contribution is -2.38. The molecule has 5 rings (SSSR count). The van der Waals surface area contributed by atoms with Crippen molar-refractivity contribution in [3.05, 3.63) is 63.5 Å². The van der Waals surface area contributed by atoms with Crippen molar-refractivity contribution >= 4 is 45.8 Å². The monoisotopic (exact) mass is 499 g/mol. The highest BCUT2D eigenvalue weighted by atomic mass is 35.5. The van der Waals surface area contributed by atoms with Gasteiger partial charge in [-0.15, -0.1) is 11.3 Å². The maximum absolute atomic E-state index is 14.7. The highest BCUT2D eigenvalue weighted by Gasteiger charge is 2.30. The van der Waals surface area contributed by atoms with E-state index in [0.717, 1.165) is 19.3 Å². The second-order valence-electron chi connectivity index (χ2n) is 8.10. The van der Waals surface area contributed by atoms with Crippen LogP contribution >= 0.6 is 22.9 Å². The van der Waals surface area contributed by atoms with E-state index in [-0.39, 0.29) is 29.4 Å². The first kappa shape index (κ1) is 22.4. The number of hydrogen-bond acceptors (Lipinski definition) is 6. The average Bonchev–Trinajstić information content (AvgIpc) is 3.42. The van der Waals surface area contributed by atoms with Crippen LogP contribution in [-0.4, -0.2) is 42.5 Å². The van der Waals surface area contributed by atoms with Crippen LogP contribution in [0.1, 0.15) is 51.9 Å². The number of thiophene rings is 1. The highest BCUT2D eigenvalue weighted by molar-refractivity contribution is 7.18. The van der Waals surface area contributed by atoms with Gasteiger partial charge < -0.3 is 15.0 Å². The normalized spacial score (nSPS) is 18.2. The molecule has 4 heterocycles. The van der Waals surface area contributed by atoms with Gasteiger partial charge in [0.25, 0.3) is 5.91 Å². The third-order valence-electron chi connectivity index (χ3n) is 5.91. The molecular weight excluding hydrogens is 481 g/mol. The van der Waals surface area contributed by atoms with Crippen LogP contribution in [0.2, 0.25) is 4.34 Å². The van der Waals surface area contributed by atoms with Crippen LogP contribution in [-0.2, 0) is 0 Å². The number of pyridine rings is 2. The van der Waals surface area contributed by atoms with Gasteiger partial charge in [0.2, 0.25) is 0 Å². The summed E-state index contributed by atoms with van der Waals surface area (Å²) in [6.07, 6.45) is 5.96. The van der Waals surface area contributed by atoms with Crippen molar-refractivity contribution in [2.24, 2.45) is 0 Å². The molecule has 4 aromatic heterocycles. The number of carbonyl (C=O) groups excluding carboxylic acids is 1. The number of amides is 1. The van der Waals surface area contributed by atoms with E-state index in [1.165, 1.54) is 41.9 Å². The number of nitrogens with one attached hydrogen (secondary N) is 1. The van der Waals surface area contributed by atoms with Crippen molar-refractivity contribution in [1.82, 2.24) is 24.8 Å². The fourth-order valence-electron chi connectivity index (χ4n) is 4.42. The number of hydrogen-bond donors (Lipinski definition) is 2. The number of carbonyl (C=O) groups is 2. The molecule has 11 heteroatoms. The van der Waals surface area contributed by atoms with Crippen LogP contribution < -0.4 is 5.32 Å². The van der Waals surface area contributed by atoms with Gasteiger partial charge in [-0.1, -0.05) is 11.6 Å². The lowest BCUT2D eigenvalue weighted by molar-refractivity contribution is 0.0690. The summed E-state index contributed by atoms with van der Waals surface area (Å²) in [6.45, 7) is 0. The fourth-order valence-corrected chi connectivity index (χ4v) is 5.37. The van der Waals surface area contributed by atoms with Crippen LogP contribution in [0.3, 0.4) is 0 Å². The Balaban J connectivity index is 1.52. The predicted octanol–water partition coefficient (Wildman–Crippen LogP) is 4.96. The van der Waals surface area contributed by atoms with E-state index in [1.54, 1.807) is 12.1 Å². The average molecular weight is 500 g/mol. The molecule has 0 aliphatic heterocycles. The quantitative estimate of drug-likeness (QED) is 0.401. The van der Waals surface area contributed by atoms with Gasteiger partial charge in [0.1, 0.15) is 11.4 Å². The molecule has 0 saturated heterocycles. The Morgan fingerprint density at radius 3 is 2.82 bits per heavy atom. The van der Waals surface area contributed by atoms with Gasteiger partial charge in [0, 0.05) is 18.3 Å². The van der Waals surface area contributed by atoms with E-state index in [9.17, 15) is 19.1 Å². The molecular formula is C23H19ClFN5O3S. The second kappa shape index (κ2) is 9.11. The molecule has 8 nitrogen and oxygen atoms in total. The topological polar surface area (TPSA) is 110 Å². The number of imidazole rings is 1. The molecule has 2 N–H and O–H groups in total. The summed E-state index contributed by atoms with van der Waals surface area (Å²) in [5.41, 5.74) is 0.919. The third-order valence-corrected chi connectivity index (χ3v) is 7.14. The standard InChI is InChI=1S/C23H19ClFN5O3S/c24-19-7-6-18(34-19)22(31)28-12-3-1-4-13(9-12)30-17-11-27-16(23(32)33)10-15(17)29-21(30)20-14(25)5-2-8-26-20/h2,5-8,10-13H,1,3-4,9H2,(H,28,31)(H,32,33)/t12-,13+/m1/s1. The molecule has 0 aromatic carbocycles. The molecule has 4 aromatic rings. The van der Waals surface area contributed by atoms with Crippen molar-refractivity contribution in [3.63, 3.8) is 0 Å². The zero-order chi connectivity index (χ0) is 23.8. The molecule has 174 valence electrons. The summed E-state index contributed by atoms with van der Waals surface area (Å²) < 4.78 is 17.1. The zero-order valence-electron chi connectivity index (χ0n) is 17.7. The molecule has 0 bridgehead atoms. The van der Waals surface area contributed by atoms with Crippen LogP contribution in [0.15, 0.2) is 42.7 Å². The Kier molecular flexibility index (Phi) is 6.01. The minimum Gasteiger partial charge on any atom is -0.477 e. The molecule has 1 aliphatic rings. The van der Waals surface area contributed by atoms with E-state index >= 15 is 0 Å². The summed E-state index contributed by atoms with van der Waals surface area (Å²) >= 11 is 7.18. The van der Waals surface area contributed by atoms with E-state index in [0.29, 0.717) is 32.5 Å². The summed E-state index contributed by atoms with van der Waals surface area (Å²) in [5, 5.41) is 12.4. The Morgan fingerprint density at radius 1 is 1.24 bits per heavy atom. The van der Waals surface area contributed by atoms with Gasteiger partial charge in [-0.05, 0) is 56.0 Å². The highest BCUT2D eigenvalue weighted by Crippen LogP contribution is 2.36. The molecule has 0 unspecified atom stereocenters. The number of aromatic nitrogens is 4. The van der Waals surface area contributed by atoms with Gasteiger partial charge in [0.15, 0.2) is 11.6 Å². The van der Waals surface area contributed by atoms with E-state index in [4.69, 9.17) is 11.6 Å². The lowest BCUT2D eigenvalue weighted by atomic mass is 9.90. The number of rotatable bonds is 5. The predicted molar refractivity (Wildman–Crippen MR) is 126 cm³/mol. The Labute approximate surface area is 202 Å². The molecule has 1 saturated carbocycles. The molecule has 1 amide bonds. The minimum atomic E-state index is -1.17. The lowest BCUT2D eigenvalue weighted by Gasteiger charge is -2.31. The largest absolute Gasteiger partial charge is 0.477 e. The second-order valence-corrected chi connectivity index (χ2v) is 9.81. The van der Waals surface area contributed by atoms with Gasteiger partial charge >= 0.3 is 5.97 Å². The first-order chi connectivity index (χ1) is 16.4. The van der Waals surface area contributed by atoms with E-state index < -0.39 is 11.8 Å².